The highest BCUT2D eigenvalue weighted by molar-refractivity contribution is 5.96. The van der Waals surface area contributed by atoms with E-state index < -0.39 is 5.91 Å². The van der Waals surface area contributed by atoms with Crippen LogP contribution < -0.4 is 21.7 Å². The molecule has 5 N–H and O–H groups in total. The average Bonchev–Trinajstić information content (AvgIpc) is 2.68. The zero-order chi connectivity index (χ0) is 19.6. The van der Waals surface area contributed by atoms with Gasteiger partial charge in [-0.3, -0.25) is 14.6 Å². The molecule has 0 aromatic heterocycles. The number of amides is 2. The van der Waals surface area contributed by atoms with Gasteiger partial charge in [-0.15, -0.1) is 0 Å². The van der Waals surface area contributed by atoms with Crippen molar-refractivity contribution in [1.82, 2.24) is 16.0 Å². The predicted octanol–water partition coefficient (Wildman–Crippen LogP) is 1.08. The summed E-state index contributed by atoms with van der Waals surface area (Å²) in [4.78, 5) is 26.8. The van der Waals surface area contributed by atoms with Crippen molar-refractivity contribution >= 4 is 17.8 Å². The zero-order valence-electron chi connectivity index (χ0n) is 15.6. The van der Waals surface area contributed by atoms with Gasteiger partial charge in [0, 0.05) is 25.7 Å². The first-order chi connectivity index (χ1) is 13.0. The van der Waals surface area contributed by atoms with Gasteiger partial charge in [-0.05, 0) is 35.7 Å². The molecule has 0 saturated heterocycles. The van der Waals surface area contributed by atoms with E-state index in [2.05, 4.69) is 40.0 Å². The van der Waals surface area contributed by atoms with Crippen molar-refractivity contribution in [2.24, 2.45) is 10.7 Å². The van der Waals surface area contributed by atoms with Gasteiger partial charge in [0.15, 0.2) is 5.96 Å². The summed E-state index contributed by atoms with van der Waals surface area (Å²) >= 11 is 0. The van der Waals surface area contributed by atoms with E-state index >= 15 is 0 Å². The van der Waals surface area contributed by atoms with E-state index in [9.17, 15) is 9.59 Å². The van der Waals surface area contributed by atoms with Crippen LogP contribution >= 0.6 is 0 Å². The first-order valence-corrected chi connectivity index (χ1v) is 8.64. The van der Waals surface area contributed by atoms with E-state index in [-0.39, 0.29) is 12.5 Å². The Morgan fingerprint density at radius 2 is 1.63 bits per heavy atom. The Kier molecular flexibility index (Phi) is 7.37. The summed E-state index contributed by atoms with van der Waals surface area (Å²) in [6.45, 7) is 3.15. The van der Waals surface area contributed by atoms with E-state index in [1.54, 1.807) is 19.2 Å². The number of guanidine groups is 1. The normalized spacial score (nSPS) is 11.0. The van der Waals surface area contributed by atoms with Gasteiger partial charge in [0.2, 0.25) is 5.91 Å². The van der Waals surface area contributed by atoms with Crippen molar-refractivity contribution in [2.75, 3.05) is 13.6 Å². The smallest absolute Gasteiger partial charge is 0.251 e. The number of rotatable bonds is 7. The van der Waals surface area contributed by atoms with Crippen LogP contribution in [0.15, 0.2) is 53.5 Å². The van der Waals surface area contributed by atoms with Crippen molar-refractivity contribution in [3.05, 3.63) is 70.8 Å². The van der Waals surface area contributed by atoms with E-state index in [0.29, 0.717) is 24.6 Å². The first-order valence-electron chi connectivity index (χ1n) is 8.64. The van der Waals surface area contributed by atoms with E-state index in [4.69, 9.17) is 5.73 Å². The molecule has 0 fully saturated rings. The third-order valence-electron chi connectivity index (χ3n) is 4.03. The summed E-state index contributed by atoms with van der Waals surface area (Å²) in [6, 6.07) is 15.3. The number of aryl methyl sites for hydroxylation is 1. The minimum absolute atomic E-state index is 0.176. The molecule has 2 aromatic rings. The minimum Gasteiger partial charge on any atom is -0.368 e. The Hall–Kier alpha value is -3.35. The fourth-order valence-corrected chi connectivity index (χ4v) is 2.44. The Morgan fingerprint density at radius 3 is 2.26 bits per heavy atom. The monoisotopic (exact) mass is 367 g/mol. The minimum atomic E-state index is -0.575. The zero-order valence-corrected chi connectivity index (χ0v) is 15.6. The second kappa shape index (κ2) is 9.96. The average molecular weight is 367 g/mol. The maximum absolute atomic E-state index is 11.9. The highest BCUT2D eigenvalue weighted by atomic mass is 16.2. The lowest BCUT2D eigenvalue weighted by atomic mass is 10.1. The van der Waals surface area contributed by atoms with Crippen LogP contribution in [0.1, 0.15) is 27.0 Å². The molecule has 0 atom stereocenters. The molecule has 0 spiro atoms. The fourth-order valence-electron chi connectivity index (χ4n) is 2.44. The maximum atomic E-state index is 11.9. The molecule has 7 heteroatoms. The molecule has 0 unspecified atom stereocenters. The largest absolute Gasteiger partial charge is 0.368 e. The molecule has 0 aliphatic rings. The molecule has 0 saturated carbocycles. The lowest BCUT2D eigenvalue weighted by Crippen LogP contribution is -2.36. The lowest BCUT2D eigenvalue weighted by molar-refractivity contribution is -0.117. The third kappa shape index (κ3) is 6.47. The highest BCUT2D eigenvalue weighted by Crippen LogP contribution is 2.06. The molecule has 2 rings (SSSR count). The van der Waals surface area contributed by atoms with Crippen molar-refractivity contribution in [3.63, 3.8) is 0 Å². The van der Waals surface area contributed by atoms with Crippen LogP contribution in [0.25, 0.3) is 0 Å². The maximum Gasteiger partial charge on any atom is 0.251 e. The van der Waals surface area contributed by atoms with E-state index in [1.807, 2.05) is 24.3 Å². The standard InChI is InChI=1S/C20H25N5O2/c1-14-5-3-4-6-17(14)12-25-20(22-2)24-11-15-7-9-16(10-8-15)19(27)23-13-18(21)26/h3-10H,11-13H2,1-2H3,(H2,21,26)(H,23,27)(H2,22,24,25). The molecule has 0 aliphatic carbocycles. The van der Waals surface area contributed by atoms with Gasteiger partial charge in [-0.25, -0.2) is 0 Å². The van der Waals surface area contributed by atoms with Crippen molar-refractivity contribution in [1.29, 1.82) is 0 Å². The number of nitrogens with two attached hydrogens (primary N) is 1. The highest BCUT2D eigenvalue weighted by Gasteiger charge is 2.06. The van der Waals surface area contributed by atoms with E-state index in [1.165, 1.54) is 11.1 Å². The molecule has 7 nitrogen and oxygen atoms in total. The summed E-state index contributed by atoms with van der Waals surface area (Å²) in [5, 5.41) is 8.98. The number of aliphatic imine (C=N–C) groups is 1. The lowest BCUT2D eigenvalue weighted by Gasteiger charge is -2.13. The van der Waals surface area contributed by atoms with Gasteiger partial charge >= 0.3 is 0 Å². The van der Waals surface area contributed by atoms with Gasteiger partial charge < -0.3 is 21.7 Å². The predicted molar refractivity (Wildman–Crippen MR) is 106 cm³/mol. The first kappa shape index (κ1) is 20.0. The van der Waals surface area contributed by atoms with Crippen LogP contribution in [-0.2, 0) is 17.9 Å². The number of benzene rings is 2. The van der Waals surface area contributed by atoms with Gasteiger partial charge in [0.25, 0.3) is 5.91 Å². The molecule has 2 amide bonds. The van der Waals surface area contributed by atoms with Gasteiger partial charge in [-0.2, -0.15) is 0 Å². The summed E-state index contributed by atoms with van der Waals surface area (Å²) in [6.07, 6.45) is 0. The number of carbonyl (C=O) groups excluding carboxylic acids is 2. The summed E-state index contributed by atoms with van der Waals surface area (Å²) < 4.78 is 0. The molecule has 142 valence electrons. The van der Waals surface area contributed by atoms with Crippen LogP contribution in [0.3, 0.4) is 0 Å². The summed E-state index contributed by atoms with van der Waals surface area (Å²) in [5.74, 6) is -0.209. The molecule has 0 heterocycles. The van der Waals surface area contributed by atoms with E-state index in [0.717, 1.165) is 5.56 Å². The van der Waals surface area contributed by atoms with Crippen LogP contribution in [0.2, 0.25) is 0 Å². The van der Waals surface area contributed by atoms with Crippen molar-refractivity contribution in [3.8, 4) is 0 Å². The topological polar surface area (TPSA) is 109 Å². The molecule has 2 aromatic carbocycles. The molecule has 0 bridgehead atoms. The molecule has 27 heavy (non-hydrogen) atoms. The number of nitrogens with one attached hydrogen (secondary N) is 3. The van der Waals surface area contributed by atoms with Crippen LogP contribution in [0.4, 0.5) is 0 Å². The SMILES string of the molecule is CN=C(NCc1ccc(C(=O)NCC(N)=O)cc1)NCc1ccccc1C. The molecule has 0 aliphatic heterocycles. The molecular formula is C20H25N5O2. The van der Waals surface area contributed by atoms with Crippen molar-refractivity contribution < 1.29 is 9.59 Å². The van der Waals surface area contributed by atoms with Crippen LogP contribution in [-0.4, -0.2) is 31.4 Å². The third-order valence-corrected chi connectivity index (χ3v) is 4.03. The number of hydrogen-bond acceptors (Lipinski definition) is 3. The Bertz CT molecular complexity index is 815. The number of nitrogens with zero attached hydrogens (tertiary/aromatic N) is 1. The Labute approximate surface area is 159 Å². The van der Waals surface area contributed by atoms with Gasteiger partial charge in [0.05, 0.1) is 6.54 Å². The van der Waals surface area contributed by atoms with Gasteiger partial charge in [0.1, 0.15) is 0 Å². The second-order valence-corrected chi connectivity index (χ2v) is 6.05. The number of carbonyl (C=O) groups is 2. The van der Waals surface area contributed by atoms with Crippen LogP contribution in [0.5, 0.6) is 0 Å². The summed E-state index contributed by atoms with van der Waals surface area (Å²) in [5.41, 5.74) is 8.93. The second-order valence-electron chi connectivity index (χ2n) is 6.05. The summed E-state index contributed by atoms with van der Waals surface area (Å²) in [7, 11) is 1.72. The van der Waals surface area contributed by atoms with Crippen molar-refractivity contribution in [2.45, 2.75) is 20.0 Å². The molecule has 0 radical (unpaired) electrons. The van der Waals surface area contributed by atoms with Crippen LogP contribution in [0, 0.1) is 6.92 Å². The Balaban J connectivity index is 1.84. The Morgan fingerprint density at radius 1 is 0.963 bits per heavy atom. The molecular weight excluding hydrogens is 342 g/mol. The fraction of sp³-hybridized carbons (Fsp3) is 0.250. The van der Waals surface area contributed by atoms with Gasteiger partial charge in [-0.1, -0.05) is 36.4 Å². The number of primary amides is 1. The quantitative estimate of drug-likeness (QED) is 0.434. The number of hydrogen-bond donors (Lipinski definition) is 4.